The van der Waals surface area contributed by atoms with Crippen molar-refractivity contribution < 1.29 is 9.21 Å². The van der Waals surface area contributed by atoms with Crippen molar-refractivity contribution in [2.75, 3.05) is 11.1 Å². The highest BCUT2D eigenvalue weighted by Crippen LogP contribution is 2.20. The molecular weight excluding hydrogens is 375 g/mol. The lowest BCUT2D eigenvalue weighted by Crippen LogP contribution is -2.13. The molecule has 0 atom stereocenters. The van der Waals surface area contributed by atoms with Gasteiger partial charge >= 0.3 is 0 Å². The van der Waals surface area contributed by atoms with E-state index in [2.05, 4.69) is 32.9 Å². The molecule has 6 heteroatoms. The summed E-state index contributed by atoms with van der Waals surface area (Å²) in [7, 11) is 0. The van der Waals surface area contributed by atoms with Gasteiger partial charge in [0.15, 0.2) is 0 Å². The second-order valence-corrected chi connectivity index (χ2v) is 6.14. The molecule has 0 fully saturated rings. The first-order valence-electron chi connectivity index (χ1n) is 5.67. The Balaban J connectivity index is 1.86. The number of carbonyl (C=O) groups excluding carboxylic acids is 1. The number of nitrogens with zero attached hydrogens (tertiary/aromatic N) is 1. The highest BCUT2D eigenvalue weighted by molar-refractivity contribution is 14.1. The van der Waals surface area contributed by atoms with Gasteiger partial charge in [-0.3, -0.25) is 4.79 Å². The van der Waals surface area contributed by atoms with Gasteiger partial charge < -0.3 is 9.73 Å². The zero-order chi connectivity index (χ0) is 13.8. The summed E-state index contributed by atoms with van der Waals surface area (Å²) in [5, 5.41) is 3.36. The molecule has 1 heterocycles. The molecular formula is C13H13IN2O2S. The number of carbonyl (C=O) groups is 1. The maximum absolute atomic E-state index is 11.8. The van der Waals surface area contributed by atoms with Gasteiger partial charge in [-0.05, 0) is 60.7 Å². The van der Waals surface area contributed by atoms with E-state index in [1.54, 1.807) is 0 Å². The molecule has 1 aromatic carbocycles. The van der Waals surface area contributed by atoms with Crippen LogP contribution < -0.4 is 5.32 Å². The normalized spacial score (nSPS) is 10.5. The van der Waals surface area contributed by atoms with Crippen LogP contribution in [0.4, 0.5) is 5.69 Å². The van der Waals surface area contributed by atoms with E-state index in [9.17, 15) is 4.79 Å². The number of anilines is 1. The number of aryl methyl sites for hydroxylation is 2. The molecule has 2 rings (SSSR count). The number of hydrogen-bond donors (Lipinski definition) is 1. The van der Waals surface area contributed by atoms with Crippen molar-refractivity contribution in [3.8, 4) is 0 Å². The SMILES string of the molecule is Cc1nc(SCC(=O)Nc2ccc(I)cc2)oc1C. The molecule has 0 spiro atoms. The van der Waals surface area contributed by atoms with Crippen LogP contribution in [0.15, 0.2) is 33.9 Å². The molecule has 0 aliphatic carbocycles. The Kier molecular flexibility index (Phi) is 4.87. The summed E-state index contributed by atoms with van der Waals surface area (Å²) in [6.07, 6.45) is 0. The predicted molar refractivity (Wildman–Crippen MR) is 84.5 cm³/mol. The number of halogens is 1. The van der Waals surface area contributed by atoms with Gasteiger partial charge in [0.05, 0.1) is 11.4 Å². The standard InChI is InChI=1S/C13H13IN2O2S/c1-8-9(2)18-13(15-8)19-7-12(17)16-11-5-3-10(14)4-6-11/h3-6H,7H2,1-2H3,(H,16,17). The second-order valence-electron chi connectivity index (χ2n) is 3.97. The van der Waals surface area contributed by atoms with E-state index in [0.29, 0.717) is 5.22 Å². The van der Waals surface area contributed by atoms with Crippen molar-refractivity contribution in [3.63, 3.8) is 0 Å². The van der Waals surface area contributed by atoms with Gasteiger partial charge in [-0.1, -0.05) is 11.8 Å². The van der Waals surface area contributed by atoms with Crippen LogP contribution in [0.3, 0.4) is 0 Å². The predicted octanol–water partition coefficient (Wildman–Crippen LogP) is 3.63. The fourth-order valence-corrected chi connectivity index (χ4v) is 2.43. The third-order valence-corrected chi connectivity index (χ3v) is 4.01. The van der Waals surface area contributed by atoms with Crippen molar-refractivity contribution in [1.29, 1.82) is 0 Å². The Hall–Kier alpha value is -1.02. The first kappa shape index (κ1) is 14.4. The smallest absolute Gasteiger partial charge is 0.256 e. The summed E-state index contributed by atoms with van der Waals surface area (Å²) in [6.45, 7) is 3.74. The van der Waals surface area contributed by atoms with Gasteiger partial charge in [-0.15, -0.1) is 0 Å². The lowest BCUT2D eigenvalue weighted by molar-refractivity contribution is -0.113. The molecule has 0 saturated heterocycles. The maximum Gasteiger partial charge on any atom is 0.256 e. The van der Waals surface area contributed by atoms with Crippen molar-refractivity contribution in [2.24, 2.45) is 0 Å². The third kappa shape index (κ3) is 4.24. The summed E-state index contributed by atoms with van der Waals surface area (Å²) in [4.78, 5) is 16.0. The molecule has 1 aromatic heterocycles. The van der Waals surface area contributed by atoms with Crippen LogP contribution in [-0.4, -0.2) is 16.6 Å². The molecule has 0 saturated carbocycles. The molecule has 2 aromatic rings. The Morgan fingerprint density at radius 1 is 1.37 bits per heavy atom. The van der Waals surface area contributed by atoms with Crippen LogP contribution in [0.2, 0.25) is 0 Å². The summed E-state index contributed by atoms with van der Waals surface area (Å²) >= 11 is 3.52. The summed E-state index contributed by atoms with van der Waals surface area (Å²) in [6, 6.07) is 7.65. The fourth-order valence-electron chi connectivity index (χ4n) is 1.36. The molecule has 0 bridgehead atoms. The number of rotatable bonds is 4. The van der Waals surface area contributed by atoms with E-state index in [4.69, 9.17) is 4.42 Å². The molecule has 19 heavy (non-hydrogen) atoms. The number of oxazole rings is 1. The first-order valence-corrected chi connectivity index (χ1v) is 7.73. The Morgan fingerprint density at radius 2 is 2.05 bits per heavy atom. The van der Waals surface area contributed by atoms with Crippen LogP contribution >= 0.6 is 34.4 Å². The number of benzene rings is 1. The van der Waals surface area contributed by atoms with Crippen LogP contribution in [0, 0.1) is 17.4 Å². The van der Waals surface area contributed by atoms with Gasteiger partial charge in [0, 0.05) is 9.26 Å². The Labute approximate surface area is 129 Å². The van der Waals surface area contributed by atoms with Crippen molar-refractivity contribution in [2.45, 2.75) is 19.1 Å². The second kappa shape index (κ2) is 6.42. The molecule has 0 radical (unpaired) electrons. The monoisotopic (exact) mass is 388 g/mol. The number of nitrogens with one attached hydrogen (secondary N) is 1. The van der Waals surface area contributed by atoms with E-state index >= 15 is 0 Å². The van der Waals surface area contributed by atoms with Crippen LogP contribution in [0.1, 0.15) is 11.5 Å². The lowest BCUT2D eigenvalue weighted by atomic mass is 10.3. The van der Waals surface area contributed by atoms with Crippen LogP contribution in [-0.2, 0) is 4.79 Å². The number of thioether (sulfide) groups is 1. The Morgan fingerprint density at radius 3 is 2.63 bits per heavy atom. The number of amides is 1. The van der Waals surface area contributed by atoms with Crippen molar-refractivity contribution in [1.82, 2.24) is 4.98 Å². The number of hydrogen-bond acceptors (Lipinski definition) is 4. The van der Waals surface area contributed by atoms with Gasteiger partial charge in [-0.2, -0.15) is 0 Å². The number of aromatic nitrogens is 1. The van der Waals surface area contributed by atoms with E-state index < -0.39 is 0 Å². The highest BCUT2D eigenvalue weighted by atomic mass is 127. The van der Waals surface area contributed by atoms with Crippen LogP contribution in [0.25, 0.3) is 0 Å². The fraction of sp³-hybridized carbons (Fsp3) is 0.231. The lowest BCUT2D eigenvalue weighted by Gasteiger charge is -2.03. The van der Waals surface area contributed by atoms with Crippen molar-refractivity contribution >= 4 is 45.9 Å². The molecule has 1 amide bonds. The van der Waals surface area contributed by atoms with Gasteiger partial charge in [0.25, 0.3) is 5.22 Å². The summed E-state index contributed by atoms with van der Waals surface area (Å²) in [5.74, 6) is 1.01. The average molecular weight is 388 g/mol. The quantitative estimate of drug-likeness (QED) is 0.642. The maximum atomic E-state index is 11.8. The van der Waals surface area contributed by atoms with E-state index in [1.165, 1.54) is 11.8 Å². The molecule has 0 unspecified atom stereocenters. The largest absolute Gasteiger partial charge is 0.437 e. The van der Waals surface area contributed by atoms with E-state index in [1.807, 2.05) is 38.1 Å². The topological polar surface area (TPSA) is 55.1 Å². The highest BCUT2D eigenvalue weighted by Gasteiger charge is 2.09. The summed E-state index contributed by atoms with van der Waals surface area (Å²) < 4.78 is 6.54. The van der Waals surface area contributed by atoms with E-state index in [-0.39, 0.29) is 11.7 Å². The van der Waals surface area contributed by atoms with Gasteiger partial charge in [-0.25, -0.2) is 4.98 Å². The third-order valence-electron chi connectivity index (χ3n) is 2.46. The minimum Gasteiger partial charge on any atom is -0.437 e. The molecule has 4 nitrogen and oxygen atoms in total. The molecule has 0 aliphatic heterocycles. The average Bonchev–Trinajstić information content (AvgIpc) is 2.69. The first-order chi connectivity index (χ1) is 9.04. The minimum absolute atomic E-state index is 0.0697. The molecule has 0 aliphatic rings. The zero-order valence-electron chi connectivity index (χ0n) is 10.6. The molecule has 1 N–H and O–H groups in total. The zero-order valence-corrected chi connectivity index (χ0v) is 13.5. The minimum atomic E-state index is -0.0697. The molecule has 100 valence electrons. The Bertz CT molecular complexity index is 561. The van der Waals surface area contributed by atoms with Crippen molar-refractivity contribution in [3.05, 3.63) is 39.3 Å². The van der Waals surface area contributed by atoms with Crippen LogP contribution in [0.5, 0.6) is 0 Å². The van der Waals surface area contributed by atoms with Gasteiger partial charge in [0.2, 0.25) is 5.91 Å². The summed E-state index contributed by atoms with van der Waals surface area (Å²) in [5.41, 5.74) is 1.66. The van der Waals surface area contributed by atoms with Gasteiger partial charge in [0.1, 0.15) is 5.76 Å². The van der Waals surface area contributed by atoms with E-state index in [0.717, 1.165) is 20.7 Å².